The summed E-state index contributed by atoms with van der Waals surface area (Å²) in [6, 6.07) is 6.74. The van der Waals surface area contributed by atoms with Gasteiger partial charge in [-0.25, -0.2) is 0 Å². The highest BCUT2D eigenvalue weighted by Crippen LogP contribution is 2.29. The molecular formula is C10H10BF3NO-. The van der Waals surface area contributed by atoms with Crippen LogP contribution in [0.15, 0.2) is 24.3 Å². The Morgan fingerprint density at radius 1 is 1.19 bits per heavy atom. The fourth-order valence-corrected chi connectivity index (χ4v) is 1.90. The van der Waals surface area contributed by atoms with Gasteiger partial charge in [-0.15, -0.1) is 0 Å². The first-order valence-corrected chi connectivity index (χ1v) is 5.06. The van der Waals surface area contributed by atoms with Crippen molar-refractivity contribution in [3.05, 3.63) is 29.8 Å². The Balaban J connectivity index is 2.33. The summed E-state index contributed by atoms with van der Waals surface area (Å²) in [4.78, 5) is 12.3. The van der Waals surface area contributed by atoms with Gasteiger partial charge in [0.05, 0.1) is 0 Å². The van der Waals surface area contributed by atoms with Crippen molar-refractivity contribution in [2.24, 2.45) is 0 Å². The van der Waals surface area contributed by atoms with Gasteiger partial charge in [0.1, 0.15) is 0 Å². The van der Waals surface area contributed by atoms with E-state index in [0.717, 1.165) is 10.5 Å². The third kappa shape index (κ3) is 2.20. The van der Waals surface area contributed by atoms with Crippen molar-refractivity contribution in [1.82, 2.24) is 0 Å². The Kier molecular flexibility index (Phi) is 2.65. The number of hydrogen-bond donors (Lipinski definition) is 0. The maximum atomic E-state index is 12.4. The highest BCUT2D eigenvalue weighted by molar-refractivity contribution is 6.59. The lowest BCUT2D eigenvalue weighted by atomic mass is 9.88. The molecule has 6 heteroatoms. The standard InChI is InChI=1S/C10H10BF3NO/c12-11(13,14)7-15-9-4-2-1-3-8(9)5-6-10(15)16/h1-4H,5-7H2/q-1. The Morgan fingerprint density at radius 3 is 2.56 bits per heavy atom. The molecule has 0 unspecified atom stereocenters. The summed E-state index contributed by atoms with van der Waals surface area (Å²) in [7, 11) is 0. The molecule has 1 aliphatic heterocycles. The summed E-state index contributed by atoms with van der Waals surface area (Å²) in [6.07, 6.45) is -0.463. The normalized spacial score (nSPS) is 16.2. The number of benzene rings is 1. The second-order valence-electron chi connectivity index (χ2n) is 3.84. The number of rotatable bonds is 2. The van der Waals surface area contributed by atoms with Crippen molar-refractivity contribution in [2.75, 3.05) is 11.3 Å². The maximum absolute atomic E-state index is 12.4. The van der Waals surface area contributed by atoms with E-state index in [2.05, 4.69) is 0 Å². The van der Waals surface area contributed by atoms with Crippen LogP contribution in [0.25, 0.3) is 0 Å². The summed E-state index contributed by atoms with van der Waals surface area (Å²) in [5.74, 6) is -0.446. The molecule has 0 aliphatic carbocycles. The average molecular weight is 228 g/mol. The molecular weight excluding hydrogens is 218 g/mol. The van der Waals surface area contributed by atoms with Crippen LogP contribution in [-0.2, 0) is 11.2 Å². The van der Waals surface area contributed by atoms with Gasteiger partial charge >= 0.3 is 6.98 Å². The van der Waals surface area contributed by atoms with Gasteiger partial charge < -0.3 is 17.8 Å². The second kappa shape index (κ2) is 3.85. The van der Waals surface area contributed by atoms with Crippen molar-refractivity contribution in [1.29, 1.82) is 0 Å². The average Bonchev–Trinajstić information content (AvgIpc) is 2.21. The van der Waals surface area contributed by atoms with E-state index in [-0.39, 0.29) is 6.42 Å². The Hall–Kier alpha value is -1.46. The minimum Gasteiger partial charge on any atom is -0.448 e. The molecule has 0 spiro atoms. The van der Waals surface area contributed by atoms with Gasteiger partial charge in [-0.2, -0.15) is 0 Å². The van der Waals surface area contributed by atoms with Crippen LogP contribution in [-0.4, -0.2) is 19.3 Å². The van der Waals surface area contributed by atoms with E-state index >= 15 is 0 Å². The van der Waals surface area contributed by atoms with Crippen LogP contribution in [0.1, 0.15) is 12.0 Å². The maximum Gasteiger partial charge on any atom is 0.497 e. The van der Waals surface area contributed by atoms with Gasteiger partial charge in [0.2, 0.25) is 5.91 Å². The van der Waals surface area contributed by atoms with Gasteiger partial charge in [-0.05, 0) is 24.5 Å². The summed E-state index contributed by atoms with van der Waals surface area (Å²) >= 11 is 0. The zero-order valence-corrected chi connectivity index (χ0v) is 8.50. The molecule has 0 saturated carbocycles. The molecule has 1 amide bonds. The minimum atomic E-state index is -4.99. The quantitative estimate of drug-likeness (QED) is 0.711. The number of amides is 1. The second-order valence-corrected chi connectivity index (χ2v) is 3.84. The van der Waals surface area contributed by atoms with E-state index in [1.54, 1.807) is 24.3 Å². The highest BCUT2D eigenvalue weighted by Gasteiger charge is 2.32. The van der Waals surface area contributed by atoms with E-state index in [4.69, 9.17) is 0 Å². The molecule has 2 nitrogen and oxygen atoms in total. The van der Waals surface area contributed by atoms with Crippen molar-refractivity contribution < 1.29 is 17.7 Å². The number of carbonyl (C=O) groups is 1. The molecule has 0 fully saturated rings. The van der Waals surface area contributed by atoms with Gasteiger partial charge in [0.15, 0.2) is 0 Å². The number of fused-ring (bicyclic) bond motifs is 1. The summed E-state index contributed by atoms with van der Waals surface area (Å²) in [5.41, 5.74) is 1.21. The van der Waals surface area contributed by atoms with Crippen LogP contribution >= 0.6 is 0 Å². The van der Waals surface area contributed by atoms with Crippen LogP contribution < -0.4 is 4.90 Å². The zero-order chi connectivity index (χ0) is 11.8. The molecule has 86 valence electrons. The number of nitrogens with zero attached hydrogens (tertiary/aromatic N) is 1. The number of carbonyl (C=O) groups excluding carboxylic acids is 1. The number of para-hydroxylation sites is 1. The van der Waals surface area contributed by atoms with Gasteiger partial charge in [0.25, 0.3) is 0 Å². The third-order valence-electron chi connectivity index (χ3n) is 2.58. The molecule has 2 rings (SSSR count). The predicted molar refractivity (Wildman–Crippen MR) is 56.2 cm³/mol. The number of halogens is 3. The van der Waals surface area contributed by atoms with E-state index in [1.165, 1.54) is 0 Å². The SMILES string of the molecule is O=C1CCc2ccccc2N1C[B-](F)(F)F. The van der Waals surface area contributed by atoms with Crippen LogP contribution in [0.5, 0.6) is 0 Å². The molecule has 0 radical (unpaired) electrons. The van der Waals surface area contributed by atoms with Crippen LogP contribution in [0.3, 0.4) is 0 Å². The Labute approximate surface area is 91.1 Å². The molecule has 1 aliphatic rings. The zero-order valence-electron chi connectivity index (χ0n) is 8.50. The van der Waals surface area contributed by atoms with E-state index in [1.807, 2.05) is 0 Å². The number of hydrogen-bond acceptors (Lipinski definition) is 1. The molecule has 0 bridgehead atoms. The lowest BCUT2D eigenvalue weighted by Crippen LogP contribution is -2.44. The minimum absolute atomic E-state index is 0.156. The molecule has 0 saturated heterocycles. The summed E-state index contributed by atoms with van der Waals surface area (Å²) in [5, 5.41) is 0. The monoisotopic (exact) mass is 228 g/mol. The Bertz CT molecular complexity index is 419. The van der Waals surface area contributed by atoms with Gasteiger partial charge in [-0.3, -0.25) is 4.79 Å². The van der Waals surface area contributed by atoms with Gasteiger partial charge in [-0.1, -0.05) is 18.2 Å². The number of anilines is 1. The first kappa shape index (κ1) is 11.0. The largest absolute Gasteiger partial charge is 0.497 e. The molecule has 1 aromatic carbocycles. The van der Waals surface area contributed by atoms with Crippen molar-refractivity contribution >= 4 is 18.6 Å². The highest BCUT2D eigenvalue weighted by atomic mass is 19.4. The lowest BCUT2D eigenvalue weighted by molar-refractivity contribution is -0.118. The van der Waals surface area contributed by atoms with Crippen molar-refractivity contribution in [3.8, 4) is 0 Å². The lowest BCUT2D eigenvalue weighted by Gasteiger charge is -2.33. The van der Waals surface area contributed by atoms with Gasteiger partial charge in [0, 0.05) is 12.1 Å². The molecule has 0 N–H and O–H groups in total. The first-order valence-electron chi connectivity index (χ1n) is 5.06. The molecule has 0 aromatic heterocycles. The topological polar surface area (TPSA) is 20.3 Å². The molecule has 16 heavy (non-hydrogen) atoms. The van der Waals surface area contributed by atoms with Crippen LogP contribution in [0.2, 0.25) is 0 Å². The predicted octanol–water partition coefficient (Wildman–Crippen LogP) is 2.35. The van der Waals surface area contributed by atoms with Crippen LogP contribution in [0, 0.1) is 0 Å². The Morgan fingerprint density at radius 2 is 1.88 bits per heavy atom. The van der Waals surface area contributed by atoms with Crippen molar-refractivity contribution in [2.45, 2.75) is 12.8 Å². The third-order valence-corrected chi connectivity index (χ3v) is 2.58. The van der Waals surface area contributed by atoms with Crippen molar-refractivity contribution in [3.63, 3.8) is 0 Å². The molecule has 1 heterocycles. The van der Waals surface area contributed by atoms with E-state index in [0.29, 0.717) is 12.1 Å². The summed E-state index contributed by atoms with van der Waals surface area (Å²) < 4.78 is 37.1. The van der Waals surface area contributed by atoms with E-state index < -0.39 is 19.3 Å². The molecule has 0 atom stereocenters. The number of aryl methyl sites for hydroxylation is 1. The fourth-order valence-electron chi connectivity index (χ4n) is 1.90. The molecule has 1 aromatic rings. The smallest absolute Gasteiger partial charge is 0.448 e. The summed E-state index contributed by atoms with van der Waals surface area (Å²) in [6.45, 7) is -4.99. The van der Waals surface area contributed by atoms with E-state index in [9.17, 15) is 17.7 Å². The fraction of sp³-hybridized carbons (Fsp3) is 0.300. The van der Waals surface area contributed by atoms with Crippen LogP contribution in [0.4, 0.5) is 18.6 Å². The first-order chi connectivity index (χ1) is 7.47.